The average molecular weight is 797 g/mol. The van der Waals surface area contributed by atoms with Crippen LogP contribution in [0.4, 0.5) is 45.5 Å². The lowest BCUT2D eigenvalue weighted by Gasteiger charge is -2.41. The lowest BCUT2D eigenvalue weighted by Crippen LogP contribution is -2.32. The van der Waals surface area contributed by atoms with Gasteiger partial charge < -0.3 is 19.6 Å². The second-order valence-corrected chi connectivity index (χ2v) is 16.5. The zero-order valence-electron chi connectivity index (χ0n) is 34.8. The van der Waals surface area contributed by atoms with Gasteiger partial charge in [-0.05, 0) is 135 Å². The van der Waals surface area contributed by atoms with Crippen molar-refractivity contribution < 1.29 is 0 Å². The monoisotopic (exact) mass is 796 g/mol. The molecule has 9 aromatic carbocycles. The van der Waals surface area contributed by atoms with E-state index in [9.17, 15) is 0 Å². The van der Waals surface area contributed by atoms with E-state index < -0.39 is 0 Å². The molecule has 4 heteroatoms. The molecule has 0 saturated carbocycles. The molecule has 0 amide bonds. The fourth-order valence-electron chi connectivity index (χ4n) is 10.3. The topological polar surface area (TPSA) is 13.0 Å². The second kappa shape index (κ2) is 14.4. The predicted molar refractivity (Wildman–Crippen MR) is 263 cm³/mol. The third-order valence-electron chi connectivity index (χ3n) is 13.1. The highest BCUT2D eigenvalue weighted by molar-refractivity contribution is 6.23. The van der Waals surface area contributed by atoms with Crippen LogP contribution in [0, 0.1) is 0 Å². The largest absolute Gasteiger partial charge is 0.341 e. The van der Waals surface area contributed by atoms with Crippen molar-refractivity contribution in [2.75, 3.05) is 33.7 Å². The van der Waals surface area contributed by atoms with Crippen molar-refractivity contribution in [2.24, 2.45) is 0 Å². The van der Waals surface area contributed by atoms with E-state index in [1.54, 1.807) is 0 Å². The molecule has 0 aromatic heterocycles. The van der Waals surface area contributed by atoms with E-state index in [-0.39, 0.29) is 0 Å². The molecule has 9 aromatic rings. The summed E-state index contributed by atoms with van der Waals surface area (Å²) in [6, 6.07) is 71.6. The Morgan fingerprint density at radius 2 is 0.774 bits per heavy atom. The molecule has 1 aliphatic carbocycles. The first-order valence-electron chi connectivity index (χ1n) is 21.6. The Balaban J connectivity index is 1.16. The van der Waals surface area contributed by atoms with E-state index in [0.717, 1.165) is 29.9 Å². The van der Waals surface area contributed by atoms with Crippen molar-refractivity contribution in [3.8, 4) is 33.4 Å². The standard InChI is InChI=1S/C58H44N4/c1-59-49-21-9-13-25-53(49)61(54-26-14-10-22-50(54)59)43-34-36-46-47(37-43)57(41-19-7-4-8-20-41)45-35-33-44(62-55-27-15-11-23-51(55)60(2)52-24-12-16-28-56(52)62)38-48(45)58(46)42-31-29-40(30-32-42)39-17-5-3-6-18-39/h3-15,17-27,29-38H,16,28H2,1-2H3. The fraction of sp³-hybridized carbons (Fsp3) is 0.0690. The van der Waals surface area contributed by atoms with Gasteiger partial charge in [0, 0.05) is 31.2 Å². The van der Waals surface area contributed by atoms with Crippen molar-refractivity contribution in [3.05, 3.63) is 218 Å². The molecular formula is C58H44N4. The van der Waals surface area contributed by atoms with Gasteiger partial charge in [0.1, 0.15) is 0 Å². The van der Waals surface area contributed by atoms with Crippen LogP contribution in [-0.2, 0) is 0 Å². The van der Waals surface area contributed by atoms with Crippen molar-refractivity contribution in [1.82, 2.24) is 0 Å². The summed E-state index contributed by atoms with van der Waals surface area (Å²) >= 11 is 0. The van der Waals surface area contributed by atoms with Crippen molar-refractivity contribution in [3.63, 3.8) is 0 Å². The maximum atomic E-state index is 2.52. The van der Waals surface area contributed by atoms with Crippen LogP contribution in [0.2, 0.25) is 0 Å². The predicted octanol–water partition coefficient (Wildman–Crippen LogP) is 15.7. The highest BCUT2D eigenvalue weighted by atomic mass is 15.3. The molecular weight excluding hydrogens is 753 g/mol. The Kier molecular flexibility index (Phi) is 8.39. The number of para-hydroxylation sites is 6. The highest BCUT2D eigenvalue weighted by Crippen LogP contribution is 2.53. The average Bonchev–Trinajstić information content (AvgIpc) is 3.34. The van der Waals surface area contributed by atoms with Crippen molar-refractivity contribution in [1.29, 1.82) is 0 Å². The maximum Gasteiger partial charge on any atom is 0.0699 e. The number of fused-ring (bicyclic) bond motifs is 5. The number of benzene rings is 9. The zero-order valence-corrected chi connectivity index (χ0v) is 34.8. The summed E-state index contributed by atoms with van der Waals surface area (Å²) in [5.41, 5.74) is 19.3. The SMILES string of the molecule is CN1C2=C(CCC=C2)N(c2ccc3c(-c4ccccc4)c4cc(N5c6ccccc6N(C)c6ccccc65)ccc4c(-c4ccc(-c5ccccc5)cc4)c3c2)c2ccccc21. The summed E-state index contributed by atoms with van der Waals surface area (Å²) in [6.07, 6.45) is 6.61. The summed E-state index contributed by atoms with van der Waals surface area (Å²) in [6.45, 7) is 0. The number of hydrogen-bond donors (Lipinski definition) is 0. The Bertz CT molecular complexity index is 3230. The minimum atomic E-state index is 0.977. The van der Waals surface area contributed by atoms with Crippen molar-refractivity contribution >= 4 is 67.0 Å². The third kappa shape index (κ3) is 5.60. The van der Waals surface area contributed by atoms with Crippen LogP contribution in [0.3, 0.4) is 0 Å². The molecule has 0 unspecified atom stereocenters. The van der Waals surface area contributed by atoms with Gasteiger partial charge in [-0.1, -0.05) is 140 Å². The number of nitrogens with zero attached hydrogens (tertiary/aromatic N) is 4. The van der Waals surface area contributed by atoms with Crippen LogP contribution < -0.4 is 19.6 Å². The van der Waals surface area contributed by atoms with Gasteiger partial charge in [-0.2, -0.15) is 0 Å². The molecule has 3 aliphatic rings. The molecule has 0 N–H and O–H groups in total. The fourth-order valence-corrected chi connectivity index (χ4v) is 10.3. The number of rotatable bonds is 5. The smallest absolute Gasteiger partial charge is 0.0699 e. The molecule has 12 rings (SSSR count). The molecule has 0 bridgehead atoms. The normalized spacial score (nSPS) is 14.2. The third-order valence-corrected chi connectivity index (χ3v) is 13.1. The molecule has 4 nitrogen and oxygen atoms in total. The molecule has 0 radical (unpaired) electrons. The molecule has 296 valence electrons. The molecule has 2 aliphatic heterocycles. The summed E-state index contributed by atoms with van der Waals surface area (Å²) < 4.78 is 0. The quantitative estimate of drug-likeness (QED) is 0.161. The van der Waals surface area contributed by atoms with Crippen LogP contribution in [0.5, 0.6) is 0 Å². The van der Waals surface area contributed by atoms with Crippen LogP contribution in [0.1, 0.15) is 12.8 Å². The first-order chi connectivity index (χ1) is 30.6. The molecule has 0 saturated heterocycles. The minimum absolute atomic E-state index is 0.977. The van der Waals surface area contributed by atoms with Gasteiger partial charge in [-0.3, -0.25) is 0 Å². The molecule has 62 heavy (non-hydrogen) atoms. The van der Waals surface area contributed by atoms with Gasteiger partial charge in [0.15, 0.2) is 0 Å². The van der Waals surface area contributed by atoms with Crippen LogP contribution >= 0.6 is 0 Å². The van der Waals surface area contributed by atoms with Gasteiger partial charge in [0.25, 0.3) is 0 Å². The molecule has 2 heterocycles. The van der Waals surface area contributed by atoms with Crippen LogP contribution in [0.25, 0.3) is 54.9 Å². The molecule has 0 fully saturated rings. The van der Waals surface area contributed by atoms with E-state index >= 15 is 0 Å². The van der Waals surface area contributed by atoms with E-state index in [0.29, 0.717) is 0 Å². The lowest BCUT2D eigenvalue weighted by atomic mass is 9.85. The summed E-state index contributed by atoms with van der Waals surface area (Å²) in [7, 11) is 4.37. The maximum absolute atomic E-state index is 2.52. The lowest BCUT2D eigenvalue weighted by molar-refractivity contribution is 0.858. The summed E-state index contributed by atoms with van der Waals surface area (Å²) in [4.78, 5) is 9.62. The van der Waals surface area contributed by atoms with Crippen LogP contribution in [-0.4, -0.2) is 14.1 Å². The Hall–Kier alpha value is -7.82. The van der Waals surface area contributed by atoms with Gasteiger partial charge in [-0.25, -0.2) is 0 Å². The van der Waals surface area contributed by atoms with Gasteiger partial charge in [0.2, 0.25) is 0 Å². The number of anilines is 8. The first-order valence-corrected chi connectivity index (χ1v) is 21.6. The summed E-state index contributed by atoms with van der Waals surface area (Å²) in [5.74, 6) is 0. The van der Waals surface area contributed by atoms with E-state index in [4.69, 9.17) is 0 Å². The number of likely N-dealkylation sites (N-methyl/N-ethyl adjacent to an activating group) is 1. The van der Waals surface area contributed by atoms with E-state index in [2.05, 4.69) is 240 Å². The number of hydrogen-bond acceptors (Lipinski definition) is 4. The van der Waals surface area contributed by atoms with E-state index in [1.807, 2.05) is 0 Å². The Morgan fingerprint density at radius 1 is 0.355 bits per heavy atom. The van der Waals surface area contributed by atoms with Gasteiger partial charge >= 0.3 is 0 Å². The molecule has 0 atom stereocenters. The van der Waals surface area contributed by atoms with Gasteiger partial charge in [-0.15, -0.1) is 0 Å². The highest BCUT2D eigenvalue weighted by Gasteiger charge is 2.31. The van der Waals surface area contributed by atoms with E-state index in [1.165, 1.54) is 94.8 Å². The van der Waals surface area contributed by atoms with Crippen LogP contribution in [0.15, 0.2) is 218 Å². The Labute approximate surface area is 363 Å². The zero-order chi connectivity index (χ0) is 41.3. The Morgan fingerprint density at radius 3 is 1.34 bits per heavy atom. The molecule has 0 spiro atoms. The second-order valence-electron chi connectivity index (χ2n) is 16.5. The first kappa shape index (κ1) is 36.1. The number of allylic oxidation sites excluding steroid dienone is 3. The van der Waals surface area contributed by atoms with Gasteiger partial charge in [0.05, 0.1) is 39.8 Å². The summed E-state index contributed by atoms with van der Waals surface area (Å²) in [5, 5.41) is 4.90. The minimum Gasteiger partial charge on any atom is -0.341 e. The van der Waals surface area contributed by atoms with Crippen molar-refractivity contribution in [2.45, 2.75) is 12.8 Å².